The highest BCUT2D eigenvalue weighted by molar-refractivity contribution is 7.66. The maximum Gasteiger partial charge on any atom is 0.490 e. The number of fused-ring (bicyclic) bond motifs is 2. The highest BCUT2D eigenvalue weighted by Gasteiger charge is 2.52. The van der Waals surface area contributed by atoms with Crippen molar-refractivity contribution in [3.63, 3.8) is 0 Å². The summed E-state index contributed by atoms with van der Waals surface area (Å²) < 4.78 is 78.8. The fourth-order valence-electron chi connectivity index (χ4n) is 10.8. The number of rotatable bonds is 35. The van der Waals surface area contributed by atoms with Crippen LogP contribution in [-0.2, 0) is 79.1 Å². The van der Waals surface area contributed by atoms with Gasteiger partial charge in [0.2, 0.25) is 29.5 Å². The first kappa shape index (κ1) is 83.3. The van der Waals surface area contributed by atoms with Crippen LogP contribution in [0.3, 0.4) is 0 Å². The van der Waals surface area contributed by atoms with Crippen molar-refractivity contribution in [1.82, 2.24) is 41.5 Å². The molecule has 2 saturated heterocycles. The topological polar surface area (TPSA) is 681 Å². The number of nitrogen functional groups attached to an aromatic ring is 1. The Morgan fingerprint density at radius 1 is 0.657 bits per heavy atom. The van der Waals surface area contributed by atoms with Gasteiger partial charge in [0.1, 0.15) is 102 Å². The van der Waals surface area contributed by atoms with Crippen LogP contribution in [-0.4, -0.2) is 229 Å². The molecule has 2 fully saturated rings. The number of carboxylic acid groups (broad SMARTS) is 3. The molecule has 105 heavy (non-hydrogen) atoms. The highest BCUT2D eigenvalue weighted by atomic mass is 31.3. The van der Waals surface area contributed by atoms with E-state index in [4.69, 9.17) is 34.9 Å². The Morgan fingerprint density at radius 3 is 1.85 bits per heavy atom. The number of aliphatic hydroxyl groups excluding tert-OH is 4. The van der Waals surface area contributed by atoms with Crippen LogP contribution >= 0.6 is 23.5 Å². The predicted molar refractivity (Wildman–Crippen MR) is 350 cm³/mol. The molecule has 3 aromatic carbocycles. The number of amides is 6. The molecule has 0 saturated carbocycles. The number of anilines is 1. The average Bonchev–Trinajstić information content (AvgIpc) is 1.35. The van der Waals surface area contributed by atoms with Gasteiger partial charge in [-0.05, 0) is 95.3 Å². The van der Waals surface area contributed by atoms with E-state index >= 15 is 0 Å². The number of hydrogen-bond donors (Lipinski definition) is 20. The molecule has 43 nitrogen and oxygen atoms in total. The number of carbonyl (C=O) groups is 9. The summed E-state index contributed by atoms with van der Waals surface area (Å²) in [7, 11) is -18.3. The lowest BCUT2D eigenvalue weighted by Crippen LogP contribution is -2.64. The number of carboxylic acids is 3. The van der Waals surface area contributed by atoms with E-state index in [0.29, 0.717) is 15.7 Å². The molecule has 46 heteroatoms. The molecular weight excluding hydrogens is 1470 g/mol. The molecule has 6 amide bonds. The lowest BCUT2D eigenvalue weighted by atomic mass is 9.80. The van der Waals surface area contributed by atoms with Crippen LogP contribution < -0.4 is 53.8 Å². The molecular formula is C59H77N10O33P3. The maximum absolute atomic E-state index is 13.7. The van der Waals surface area contributed by atoms with Gasteiger partial charge in [0.05, 0.1) is 24.8 Å². The fourth-order valence-corrected chi connectivity index (χ4v) is 14.4. The number of aromatic hydroxyl groups is 2. The van der Waals surface area contributed by atoms with Gasteiger partial charge in [-0.15, -0.1) is 0 Å². The molecule has 0 radical (unpaired) electrons. The summed E-state index contributed by atoms with van der Waals surface area (Å²) in [5.41, 5.74) is 11.4. The van der Waals surface area contributed by atoms with Crippen LogP contribution in [0.4, 0.5) is 5.82 Å². The number of aromatic carboxylic acids is 1. The summed E-state index contributed by atoms with van der Waals surface area (Å²) in [6.07, 6.45) is -17.6. The van der Waals surface area contributed by atoms with Crippen molar-refractivity contribution < 1.29 is 154 Å². The van der Waals surface area contributed by atoms with E-state index < -0.39 is 206 Å². The van der Waals surface area contributed by atoms with E-state index in [-0.39, 0.29) is 71.3 Å². The Bertz CT molecular complexity index is 4080. The van der Waals surface area contributed by atoms with Crippen LogP contribution in [0.1, 0.15) is 109 Å². The molecule has 4 aromatic rings. The number of hydrogen-bond acceptors (Lipinski definition) is 30. The number of carbonyl (C=O) groups excluding carboxylic acids is 6. The first-order valence-corrected chi connectivity index (χ1v) is 36.0. The lowest BCUT2D eigenvalue weighted by molar-refractivity contribution is -0.256. The number of benzene rings is 3. The number of unbranched alkanes of at least 4 members (excludes halogenated alkanes) is 1. The number of ether oxygens (including phenoxy) is 4. The van der Waals surface area contributed by atoms with Crippen molar-refractivity contribution in [2.24, 2.45) is 5.73 Å². The zero-order valence-electron chi connectivity index (χ0n) is 55.6. The summed E-state index contributed by atoms with van der Waals surface area (Å²) >= 11 is 0. The molecule has 0 bridgehead atoms. The molecule has 18 atom stereocenters. The van der Waals surface area contributed by atoms with Crippen molar-refractivity contribution in [3.05, 3.63) is 105 Å². The number of nitrogens with zero attached hydrogens (tertiary/aromatic N) is 2. The predicted octanol–water partition coefficient (Wildman–Crippen LogP) is -2.58. The number of phosphoric ester groups is 2. The van der Waals surface area contributed by atoms with Gasteiger partial charge in [-0.1, -0.05) is 12.1 Å². The standard InChI is InChI=1S/C59H77N10O33P3/c1-24(49(77)65-26(3)55(82)83)64-53(81)35(7-5-6-17-62-52(80)28-8-11-31(56(84)85)34(19-28)43-32-12-9-29(71)20-37(32)97-38-21-30(72)10-13-33(38)43)66-42(73)15-14-36(57(86)87)67-50(78)25(2)63-51(79)27(4)96-48-44(61)58(99-39(22-70)46(48)75)100-104(91,92)102-105(93,94)101-103(89,90)95-23-40-45(74)47(76)54(98-40)69-18-16-41(60)68-59(69)88/h8-13,16,18-21,24-27,35-36,39-40,43-48,54,58,70-72,74-76H,5-7,14-15,17,22-23,61H2,1-4H3,(H,62,80)(H,63,79)(H,64,81)(H,65,77)(H,66,73)(H,67,78)(H,82,83)(H,84,85)(H,86,87)(H,89,90)(H,91,92)(H,93,94)(H2,60,68,88)/t24-,25-,26-,27+,35-,36-,39+,40+,44+,45+,46+,47+,48+,54+,58+/m0/s1. The van der Waals surface area contributed by atoms with Gasteiger partial charge in [-0.2, -0.15) is 13.6 Å². The van der Waals surface area contributed by atoms with E-state index in [2.05, 4.69) is 50.0 Å². The largest absolute Gasteiger partial charge is 0.508 e. The summed E-state index contributed by atoms with van der Waals surface area (Å²) in [6, 6.07) is 3.63. The van der Waals surface area contributed by atoms with Gasteiger partial charge in [0.25, 0.3) is 5.91 Å². The van der Waals surface area contributed by atoms with Gasteiger partial charge in [0, 0.05) is 53.9 Å². The lowest BCUT2D eigenvalue weighted by Gasteiger charge is -2.43. The van der Waals surface area contributed by atoms with E-state index in [1.807, 2.05) is 0 Å². The van der Waals surface area contributed by atoms with Gasteiger partial charge in [-0.25, -0.2) is 28.1 Å². The number of phenolic OH excluding ortho intramolecular Hbond substituents is 2. The zero-order valence-corrected chi connectivity index (χ0v) is 58.3. The SMILES string of the molecule is C[C@H](NC(=O)[C@H](C)NC(=O)[C@H](CCCCNC(=O)c1ccc(C(=O)O)c(C2c3ccc(O)cc3Oc3cc(O)ccc32)c1)NC(=O)CC[C@H](NC(=O)[C@H](C)NC(=O)[C@@H](C)O[C@@H]1[C@@H](N)[C@@H](OP(=O)(O)OP(=O)(O)OP(=O)(O)OC[C@H]2O[C@@H](n3ccc(N)nc3=O)[C@H](O)[C@@H]2O)O[C@H](CO)[C@H]1O)C(=O)O)C(=O)O. The van der Waals surface area contributed by atoms with Crippen LogP contribution in [0.15, 0.2) is 71.7 Å². The minimum absolute atomic E-state index is 0.0173. The number of phenols is 2. The molecule has 1 aromatic heterocycles. The van der Waals surface area contributed by atoms with Crippen LogP contribution in [0, 0.1) is 0 Å². The summed E-state index contributed by atoms with van der Waals surface area (Å²) in [5.74, 6) is -11.4. The Balaban J connectivity index is 0.914. The van der Waals surface area contributed by atoms with E-state index in [9.17, 15) is 122 Å². The third-order valence-corrected chi connectivity index (χ3v) is 20.5. The quantitative estimate of drug-likeness (QED) is 0.0146. The molecule has 22 N–H and O–H groups in total. The van der Waals surface area contributed by atoms with E-state index in [1.54, 1.807) is 0 Å². The third kappa shape index (κ3) is 22.1. The second kappa shape index (κ2) is 35.4. The number of nitrogens with one attached hydrogen (secondary N) is 6. The van der Waals surface area contributed by atoms with Crippen LogP contribution in [0.2, 0.25) is 0 Å². The monoisotopic (exact) mass is 1550 g/mol. The molecule has 0 aliphatic carbocycles. The van der Waals surface area contributed by atoms with Crippen LogP contribution in [0.25, 0.3) is 0 Å². The first-order chi connectivity index (χ1) is 49.1. The van der Waals surface area contributed by atoms with E-state index in [0.717, 1.165) is 33.0 Å². The number of aromatic nitrogens is 2. The number of nitrogens with two attached hydrogens (primary N) is 2. The zero-order chi connectivity index (χ0) is 77.9. The highest BCUT2D eigenvalue weighted by Crippen LogP contribution is 2.68. The van der Waals surface area contributed by atoms with Gasteiger partial charge in [0.15, 0.2) is 12.5 Å². The first-order valence-electron chi connectivity index (χ1n) is 31.5. The Kier molecular flexibility index (Phi) is 28.1. The maximum atomic E-state index is 13.7. The molecule has 4 heterocycles. The fraction of sp³-hybridized carbons (Fsp3) is 0.475. The van der Waals surface area contributed by atoms with E-state index in [1.165, 1.54) is 61.5 Å². The average molecular weight is 1550 g/mol. The molecule has 3 unspecified atom stereocenters. The second-order valence-electron chi connectivity index (χ2n) is 24.0. The van der Waals surface area contributed by atoms with Crippen molar-refractivity contribution >= 4 is 82.6 Å². The molecule has 7 rings (SSSR count). The van der Waals surface area contributed by atoms with Gasteiger partial charge in [-0.3, -0.25) is 47.2 Å². The van der Waals surface area contributed by atoms with Crippen molar-refractivity contribution in [1.29, 1.82) is 0 Å². The second-order valence-corrected chi connectivity index (χ2v) is 28.6. The smallest absolute Gasteiger partial charge is 0.490 e. The Hall–Kier alpha value is -8.94. The normalized spacial score (nSPS) is 23.4. The summed E-state index contributed by atoms with van der Waals surface area (Å²) in [5, 5.41) is 106. The molecule has 3 aliphatic heterocycles. The van der Waals surface area contributed by atoms with Crippen LogP contribution in [0.5, 0.6) is 23.0 Å². The summed E-state index contributed by atoms with van der Waals surface area (Å²) in [4.78, 5) is 164. The Morgan fingerprint density at radius 2 is 1.26 bits per heavy atom. The number of phosphoric acid groups is 3. The minimum atomic E-state index is -6.28. The van der Waals surface area contributed by atoms with Gasteiger partial charge < -0.3 is 123 Å². The summed E-state index contributed by atoms with van der Waals surface area (Å²) in [6.45, 7) is 2.02. The van der Waals surface area contributed by atoms with Crippen molar-refractivity contribution in [3.8, 4) is 23.0 Å². The minimum Gasteiger partial charge on any atom is -0.508 e. The van der Waals surface area contributed by atoms with Crippen molar-refractivity contribution in [2.45, 2.75) is 157 Å². The molecule has 576 valence electrons. The molecule has 0 spiro atoms. The third-order valence-electron chi connectivity index (χ3n) is 16.2. The number of aliphatic carboxylic acids is 2. The molecule has 3 aliphatic rings. The van der Waals surface area contributed by atoms with Crippen molar-refractivity contribution in [2.75, 3.05) is 25.5 Å². The number of aliphatic hydroxyl groups is 4. The Labute approximate surface area is 592 Å². The van der Waals surface area contributed by atoms with Gasteiger partial charge >= 0.3 is 47.1 Å².